The molecule has 0 aromatic carbocycles. The number of rotatable bonds is 61. The minimum absolute atomic E-state index is 0.157. The topological polar surface area (TPSA) is 155 Å². The van der Waals surface area contributed by atoms with Crippen LogP contribution in [0.2, 0.25) is 0 Å². The number of hydrogen-bond acceptors (Lipinski definition) is 10. The zero-order chi connectivity index (χ0) is 58.3. The van der Waals surface area contributed by atoms with Crippen LogP contribution in [0.4, 0.5) is 0 Å². The van der Waals surface area contributed by atoms with E-state index in [1.54, 1.807) is 0 Å². The lowest BCUT2D eigenvalue weighted by Crippen LogP contribution is -2.30. The average molecular weight is 1150 g/mol. The van der Waals surface area contributed by atoms with E-state index in [1.165, 1.54) is 141 Å². The zero-order valence-electron chi connectivity index (χ0n) is 51.5. The van der Waals surface area contributed by atoms with Crippen LogP contribution in [-0.2, 0) is 42.2 Å². The Kier molecular flexibility index (Phi) is 59.6. The van der Waals surface area contributed by atoms with Crippen molar-refractivity contribution in [3.05, 3.63) is 72.9 Å². The Labute approximate surface area is 490 Å². The summed E-state index contributed by atoms with van der Waals surface area (Å²) in [5.74, 6) is -1.48. The van der Waals surface area contributed by atoms with Crippen LogP contribution in [0.3, 0.4) is 0 Å². The van der Waals surface area contributed by atoms with E-state index in [-0.39, 0.29) is 25.9 Å². The molecule has 0 saturated carbocycles. The maximum absolute atomic E-state index is 13.0. The normalized spacial score (nSPS) is 13.7. The van der Waals surface area contributed by atoms with Gasteiger partial charge in [-0.2, -0.15) is 0 Å². The molecule has 3 unspecified atom stereocenters. The SMILES string of the molecule is CC/C=C\C/C=C\C/C=C\C/C=C\CCCCCCC(=O)OCC(COP(=O)(O)OCC(CO)OC(=O)CCCCCCCCCCCCCCCCCCC)OC(=O)CCCCCCCCCCC/C=C\C/C=C\CCCCC. The smallest absolute Gasteiger partial charge is 0.462 e. The van der Waals surface area contributed by atoms with Gasteiger partial charge in [0.15, 0.2) is 6.10 Å². The van der Waals surface area contributed by atoms with Crippen molar-refractivity contribution in [1.82, 2.24) is 0 Å². The maximum atomic E-state index is 13.0. The van der Waals surface area contributed by atoms with Gasteiger partial charge in [-0.1, -0.05) is 267 Å². The molecular weight excluding hydrogens is 1020 g/mol. The van der Waals surface area contributed by atoms with Gasteiger partial charge in [-0.3, -0.25) is 23.4 Å². The summed E-state index contributed by atoms with van der Waals surface area (Å²) in [5.41, 5.74) is 0. The molecule has 0 spiro atoms. The molecule has 0 heterocycles. The molecule has 80 heavy (non-hydrogen) atoms. The number of esters is 3. The molecule has 464 valence electrons. The third kappa shape index (κ3) is 59.5. The second kappa shape index (κ2) is 62.0. The summed E-state index contributed by atoms with van der Waals surface area (Å²) in [6.07, 6.45) is 71.3. The highest BCUT2D eigenvalue weighted by molar-refractivity contribution is 7.47. The van der Waals surface area contributed by atoms with Gasteiger partial charge in [-0.15, -0.1) is 0 Å². The lowest BCUT2D eigenvalue weighted by atomic mass is 10.0. The molecule has 0 aliphatic rings. The van der Waals surface area contributed by atoms with Gasteiger partial charge in [-0.25, -0.2) is 4.57 Å². The van der Waals surface area contributed by atoms with Gasteiger partial charge in [0.05, 0.1) is 19.8 Å². The number of phosphoric acid groups is 1. The van der Waals surface area contributed by atoms with Gasteiger partial charge in [0, 0.05) is 19.3 Å². The molecule has 0 radical (unpaired) electrons. The van der Waals surface area contributed by atoms with Gasteiger partial charge in [0.1, 0.15) is 12.7 Å². The second-order valence-electron chi connectivity index (χ2n) is 21.9. The number of unbranched alkanes of at least 4 members (excludes halogenated alkanes) is 32. The molecule has 0 aliphatic heterocycles. The van der Waals surface area contributed by atoms with Gasteiger partial charge < -0.3 is 24.2 Å². The fraction of sp³-hybridized carbons (Fsp3) is 0.779. The van der Waals surface area contributed by atoms with Crippen LogP contribution < -0.4 is 0 Å². The van der Waals surface area contributed by atoms with Crippen molar-refractivity contribution in [1.29, 1.82) is 0 Å². The molecule has 11 nitrogen and oxygen atoms in total. The first-order valence-electron chi connectivity index (χ1n) is 32.8. The molecule has 0 aromatic rings. The fourth-order valence-electron chi connectivity index (χ4n) is 9.14. The first kappa shape index (κ1) is 76.9. The lowest BCUT2D eigenvalue weighted by Gasteiger charge is -2.21. The predicted octanol–water partition coefficient (Wildman–Crippen LogP) is 20.0. The monoisotopic (exact) mass is 1140 g/mol. The average Bonchev–Trinajstić information content (AvgIpc) is 3.45. The number of carbonyl (C=O) groups excluding carboxylic acids is 3. The van der Waals surface area contributed by atoms with Gasteiger partial charge >= 0.3 is 25.7 Å². The number of hydrogen-bond donors (Lipinski definition) is 2. The lowest BCUT2D eigenvalue weighted by molar-refractivity contribution is -0.161. The summed E-state index contributed by atoms with van der Waals surface area (Å²) in [6, 6.07) is 0. The van der Waals surface area contributed by atoms with Crippen LogP contribution in [0, 0.1) is 0 Å². The van der Waals surface area contributed by atoms with E-state index in [2.05, 4.69) is 93.7 Å². The minimum atomic E-state index is -4.76. The Balaban J connectivity index is 4.71. The highest BCUT2D eigenvalue weighted by Crippen LogP contribution is 2.43. The second-order valence-corrected chi connectivity index (χ2v) is 23.4. The van der Waals surface area contributed by atoms with Crippen molar-refractivity contribution in [2.24, 2.45) is 0 Å². The van der Waals surface area contributed by atoms with Gasteiger partial charge in [-0.05, 0) is 89.9 Å². The number of aliphatic hydroxyl groups is 1. The first-order valence-corrected chi connectivity index (χ1v) is 34.3. The standard InChI is InChI=1S/C68H121O11P/c1-4-7-10-13-16-19-22-25-28-31-32-35-38-41-44-47-50-53-56-59-68(72)79-65(61-75-66(70)57-54-51-48-45-42-39-36-33-29-26-23-20-17-14-11-8-5-2)63-77-80(73,74)76-62-64(60-69)78-67(71)58-55-52-49-46-43-40-37-34-30-27-24-21-18-15-12-9-6-3/h8,11,16-17,19-20,25-26,28-29,36,39,64-65,69H,4-7,9-10,12-15,18,21-24,27,30-35,37-38,40-63H2,1-3H3,(H,73,74)/b11-8-,19-16-,20-17-,28-25-,29-26-,39-36-. The van der Waals surface area contributed by atoms with Crippen LogP contribution in [0.25, 0.3) is 0 Å². The van der Waals surface area contributed by atoms with Crippen LogP contribution in [0.1, 0.15) is 303 Å². The van der Waals surface area contributed by atoms with Crippen molar-refractivity contribution in [3.8, 4) is 0 Å². The molecule has 12 heteroatoms. The summed E-state index contributed by atoms with van der Waals surface area (Å²) < 4.78 is 39.7. The van der Waals surface area contributed by atoms with Crippen LogP contribution in [-0.4, -0.2) is 66.5 Å². The molecule has 2 N–H and O–H groups in total. The van der Waals surface area contributed by atoms with Crippen molar-refractivity contribution >= 4 is 25.7 Å². The third-order valence-electron chi connectivity index (χ3n) is 14.1. The van der Waals surface area contributed by atoms with E-state index in [1.807, 2.05) is 0 Å². The number of phosphoric ester groups is 1. The van der Waals surface area contributed by atoms with Crippen LogP contribution in [0.5, 0.6) is 0 Å². The quantitative estimate of drug-likeness (QED) is 0.0197. The molecular formula is C68H121O11P. The largest absolute Gasteiger partial charge is 0.472 e. The number of allylic oxidation sites excluding steroid dienone is 12. The number of carbonyl (C=O) groups is 3. The van der Waals surface area contributed by atoms with E-state index in [0.717, 1.165) is 103 Å². The van der Waals surface area contributed by atoms with E-state index in [0.29, 0.717) is 19.3 Å². The zero-order valence-corrected chi connectivity index (χ0v) is 52.4. The number of aliphatic hydroxyl groups excluding tert-OH is 1. The predicted molar refractivity (Wildman–Crippen MR) is 335 cm³/mol. The Morgan fingerprint density at radius 2 is 0.650 bits per heavy atom. The van der Waals surface area contributed by atoms with Crippen molar-refractivity contribution < 1.29 is 52.2 Å². The Morgan fingerprint density at radius 3 is 1.02 bits per heavy atom. The fourth-order valence-corrected chi connectivity index (χ4v) is 9.93. The highest BCUT2D eigenvalue weighted by Gasteiger charge is 2.28. The molecule has 0 amide bonds. The van der Waals surface area contributed by atoms with Gasteiger partial charge in [0.2, 0.25) is 0 Å². The van der Waals surface area contributed by atoms with Gasteiger partial charge in [0.25, 0.3) is 0 Å². The summed E-state index contributed by atoms with van der Waals surface area (Å²) in [5, 5.41) is 9.86. The van der Waals surface area contributed by atoms with Crippen molar-refractivity contribution in [2.75, 3.05) is 26.4 Å². The molecule has 0 bridgehead atoms. The summed E-state index contributed by atoms with van der Waals surface area (Å²) in [7, 11) is -4.76. The van der Waals surface area contributed by atoms with Crippen LogP contribution in [0.15, 0.2) is 72.9 Å². The molecule has 0 aliphatic carbocycles. The van der Waals surface area contributed by atoms with E-state index >= 15 is 0 Å². The van der Waals surface area contributed by atoms with E-state index < -0.39 is 57.8 Å². The third-order valence-corrected chi connectivity index (χ3v) is 15.1. The van der Waals surface area contributed by atoms with Crippen molar-refractivity contribution in [2.45, 2.75) is 315 Å². The van der Waals surface area contributed by atoms with E-state index in [9.17, 15) is 28.9 Å². The first-order chi connectivity index (χ1) is 39.2. The molecule has 0 rings (SSSR count). The Bertz CT molecular complexity index is 1620. The van der Waals surface area contributed by atoms with E-state index in [4.69, 9.17) is 23.3 Å². The van der Waals surface area contributed by atoms with Crippen molar-refractivity contribution in [3.63, 3.8) is 0 Å². The molecule has 0 fully saturated rings. The summed E-state index contributed by atoms with van der Waals surface area (Å²) >= 11 is 0. The Morgan fingerprint density at radius 1 is 0.362 bits per heavy atom. The Hall–Kier alpha value is -3.08. The molecule has 0 saturated heterocycles. The number of ether oxygens (including phenoxy) is 3. The maximum Gasteiger partial charge on any atom is 0.472 e. The molecule has 0 aromatic heterocycles. The highest BCUT2D eigenvalue weighted by atomic mass is 31.2. The summed E-state index contributed by atoms with van der Waals surface area (Å²) in [4.78, 5) is 48.8. The van der Waals surface area contributed by atoms with Crippen LogP contribution >= 0.6 is 7.82 Å². The minimum Gasteiger partial charge on any atom is -0.462 e. The summed E-state index contributed by atoms with van der Waals surface area (Å²) in [6.45, 7) is 4.53. The molecule has 3 atom stereocenters.